The van der Waals surface area contributed by atoms with Gasteiger partial charge in [-0.25, -0.2) is 9.97 Å². The lowest BCUT2D eigenvalue weighted by atomic mass is 9.89. The molecule has 32 heteroatoms. The van der Waals surface area contributed by atoms with E-state index in [0.29, 0.717) is 42.5 Å². The fourth-order valence-electron chi connectivity index (χ4n) is 12.4. The van der Waals surface area contributed by atoms with E-state index in [1.807, 2.05) is 73.0 Å². The molecule has 1 fully saturated rings. The molecule has 0 spiro atoms. The number of primary amides is 1. The first-order valence-corrected chi connectivity index (χ1v) is 37.4. The van der Waals surface area contributed by atoms with Crippen molar-refractivity contribution in [1.82, 2.24) is 56.6 Å². The zero-order valence-electron chi connectivity index (χ0n) is 62.1. The highest BCUT2D eigenvalue weighted by Gasteiger charge is 2.44. The summed E-state index contributed by atoms with van der Waals surface area (Å²) in [6.45, 7) is 17.3. The number of methoxy groups -OCH3 is 2. The van der Waals surface area contributed by atoms with E-state index < -0.39 is 108 Å². The standard InChI is InChI=1S/C70H110N16O14S2/c1-17-42(6)62(85(12)70(96)60(40(2)3)82-69(95)61(41(4)5)84(10)11)56(97-13)36-59(89)86-28-18-19-55(86)63(98-14)43(7)64(90)78-49(37-74-83-72)33-46-20-23-48(24-21-46)77-68(94)52(35-57(71)87)81-66(92)45(9)76-65(91)44(8)75-58(88)26-29-99-31-32-100-30-27-73-67(93)47-22-25-50-51(34-47)80-54(39-102-16)53(79-50)38-101-15/h20-25,34,40-45,49,52,55-56,60-63H,17-19,26-33,35-39H2,1-16H3,(H2,71,87)(H,73,93)(H,75,88)(H,76,91)(H,77,94)(H,78,90)(H,81,92)(H,82,95)/t42-,43+,44-,45-,49-,52-,55-,56+,60-,61-,62-,63+/m0/s1. The molecule has 30 nitrogen and oxygen atoms in total. The maximum atomic E-state index is 14.5. The molecule has 4 rings (SSSR count). The molecule has 1 saturated heterocycles. The van der Waals surface area contributed by atoms with Crippen molar-refractivity contribution in [1.29, 1.82) is 0 Å². The fraction of sp³-hybridized carbons (Fsp3) is 0.657. The molecule has 566 valence electrons. The van der Waals surface area contributed by atoms with E-state index in [9.17, 15) is 53.5 Å². The van der Waals surface area contributed by atoms with Crippen LogP contribution in [0.1, 0.15) is 128 Å². The predicted octanol–water partition coefficient (Wildman–Crippen LogP) is 4.50. The van der Waals surface area contributed by atoms with Crippen LogP contribution in [-0.2, 0) is 80.0 Å². The van der Waals surface area contributed by atoms with Gasteiger partial charge < -0.3 is 71.7 Å². The minimum Gasteiger partial charge on any atom is -0.379 e. The summed E-state index contributed by atoms with van der Waals surface area (Å²) in [6.07, 6.45) is 3.81. The van der Waals surface area contributed by atoms with E-state index in [-0.39, 0.29) is 106 Å². The van der Waals surface area contributed by atoms with Crippen molar-refractivity contribution < 1.29 is 66.9 Å². The lowest BCUT2D eigenvalue weighted by Crippen LogP contribution is -2.59. The minimum atomic E-state index is -1.47. The van der Waals surface area contributed by atoms with Crippen molar-refractivity contribution >= 4 is 99.3 Å². The maximum Gasteiger partial charge on any atom is 0.251 e. The molecule has 3 aromatic rings. The van der Waals surface area contributed by atoms with Crippen LogP contribution in [0.5, 0.6) is 0 Å². The topological polar surface area (TPSA) is 402 Å². The van der Waals surface area contributed by atoms with E-state index in [1.165, 1.54) is 28.1 Å². The van der Waals surface area contributed by atoms with E-state index in [4.69, 9.17) is 34.6 Å². The summed E-state index contributed by atoms with van der Waals surface area (Å²) in [5.41, 5.74) is 19.4. The first-order chi connectivity index (χ1) is 48.4. The molecular formula is C70H110N16O14S2. The highest BCUT2D eigenvalue weighted by molar-refractivity contribution is 7.98. The van der Waals surface area contributed by atoms with E-state index in [0.717, 1.165) is 28.4 Å². The Morgan fingerprint density at radius 2 is 1.36 bits per heavy atom. The van der Waals surface area contributed by atoms with Gasteiger partial charge in [-0.05, 0) is 119 Å². The number of rotatable bonds is 45. The zero-order valence-corrected chi connectivity index (χ0v) is 63.8. The number of hydrogen-bond donors (Lipinski definition) is 8. The molecule has 1 aromatic heterocycles. The number of carbonyl (C=O) groups is 10. The molecule has 10 amide bonds. The summed E-state index contributed by atoms with van der Waals surface area (Å²) in [7, 11) is 8.34. The van der Waals surface area contributed by atoms with Gasteiger partial charge >= 0.3 is 0 Å². The first-order valence-electron chi connectivity index (χ1n) is 34.6. The van der Waals surface area contributed by atoms with Crippen LogP contribution in [0.4, 0.5) is 5.69 Å². The van der Waals surface area contributed by atoms with Crippen LogP contribution in [0.3, 0.4) is 0 Å². The summed E-state index contributed by atoms with van der Waals surface area (Å²) in [6, 6.07) is 4.85. The Bertz CT molecular complexity index is 3320. The van der Waals surface area contributed by atoms with E-state index in [2.05, 4.69) is 47.2 Å². The van der Waals surface area contributed by atoms with Crippen molar-refractivity contribution in [3.8, 4) is 0 Å². The predicted molar refractivity (Wildman–Crippen MR) is 393 cm³/mol. The summed E-state index contributed by atoms with van der Waals surface area (Å²) in [4.78, 5) is 152. The summed E-state index contributed by atoms with van der Waals surface area (Å²) in [5.74, 6) is -4.92. The smallest absolute Gasteiger partial charge is 0.251 e. The molecule has 2 heterocycles. The SMILES string of the molecule is CC[C@H](C)[C@@H]([C@@H](CC(=O)N1CCC[C@H]1[C@H](OC)[C@@H](C)C(=O)N[C@H](CN=[N+]=[N-])Cc1ccc(NC(=O)[C@H](CC(N)=O)NC(=O)[C@H](C)NC(=O)[C@H](C)NC(=O)CCOCCOCCNC(=O)c2ccc3nc(CSC)c(CSC)nc3c2)cc1)OC)N(C)C(=O)[C@@H](NC(=O)[C@H](C(C)C)N(C)C)C(C)C. The monoisotopic (exact) mass is 1460 g/mol. The molecule has 0 saturated carbocycles. The van der Waals surface area contributed by atoms with Crippen LogP contribution >= 0.6 is 23.5 Å². The largest absolute Gasteiger partial charge is 0.379 e. The lowest BCUT2D eigenvalue weighted by Gasteiger charge is -2.41. The van der Waals surface area contributed by atoms with Gasteiger partial charge in [0.2, 0.25) is 53.2 Å². The Morgan fingerprint density at radius 3 is 1.94 bits per heavy atom. The number of anilines is 1. The molecule has 1 aliphatic heterocycles. The van der Waals surface area contributed by atoms with Crippen molar-refractivity contribution in [2.75, 3.05) is 99.3 Å². The Kier molecular flexibility index (Phi) is 37.5. The van der Waals surface area contributed by atoms with Gasteiger partial charge in [-0.1, -0.05) is 72.1 Å². The van der Waals surface area contributed by atoms with Crippen molar-refractivity contribution in [2.24, 2.45) is 34.5 Å². The van der Waals surface area contributed by atoms with E-state index in [1.54, 1.807) is 89.8 Å². The average molecular weight is 1460 g/mol. The van der Waals surface area contributed by atoms with Gasteiger partial charge in [-0.15, -0.1) is 0 Å². The Morgan fingerprint density at radius 1 is 0.735 bits per heavy atom. The summed E-state index contributed by atoms with van der Waals surface area (Å²) < 4.78 is 23.2. The molecule has 0 unspecified atom stereocenters. The Hall–Kier alpha value is -7.71. The normalized spacial score (nSPS) is 16.2. The summed E-state index contributed by atoms with van der Waals surface area (Å²) in [5, 5.41) is 22.8. The number of nitrogens with zero attached hydrogens (tertiary/aromatic N) is 8. The Labute approximate surface area is 608 Å². The number of fused-ring (bicyclic) bond motifs is 1. The number of aromatic nitrogens is 2. The molecule has 0 radical (unpaired) electrons. The van der Waals surface area contributed by atoms with Gasteiger partial charge in [-0.3, -0.25) is 52.8 Å². The fourth-order valence-corrected chi connectivity index (χ4v) is 13.4. The van der Waals surface area contributed by atoms with Crippen LogP contribution in [0, 0.1) is 23.7 Å². The number of hydrogen-bond acceptors (Lipinski definition) is 20. The third-order valence-corrected chi connectivity index (χ3v) is 19.1. The molecule has 9 N–H and O–H groups in total. The van der Waals surface area contributed by atoms with Crippen molar-refractivity contribution in [2.45, 2.75) is 179 Å². The quantitative estimate of drug-likeness (QED) is 0.0167. The molecule has 0 bridgehead atoms. The zero-order chi connectivity index (χ0) is 75.9. The van der Waals surface area contributed by atoms with Crippen LogP contribution < -0.4 is 43.0 Å². The lowest BCUT2D eigenvalue weighted by molar-refractivity contribution is -0.148. The van der Waals surface area contributed by atoms with Crippen molar-refractivity contribution in [3.63, 3.8) is 0 Å². The number of nitrogens with one attached hydrogen (secondary N) is 7. The Balaban J connectivity index is 1.25. The van der Waals surface area contributed by atoms with Crippen LogP contribution in [-0.4, -0.2) is 238 Å². The molecular weight excluding hydrogens is 1350 g/mol. The minimum absolute atomic E-state index is 0.0114. The van der Waals surface area contributed by atoms with Gasteiger partial charge in [-0.2, -0.15) is 23.5 Å². The number of benzene rings is 2. The van der Waals surface area contributed by atoms with Gasteiger partial charge in [0, 0.05) is 81.0 Å². The van der Waals surface area contributed by atoms with Gasteiger partial charge in [0.25, 0.3) is 5.91 Å². The maximum absolute atomic E-state index is 14.5. The van der Waals surface area contributed by atoms with Crippen LogP contribution in [0.15, 0.2) is 47.6 Å². The molecule has 12 atom stereocenters. The second-order valence-electron chi connectivity index (χ2n) is 26.6. The second kappa shape index (κ2) is 44.1. The number of likely N-dealkylation sites (tertiary alicyclic amines) is 1. The van der Waals surface area contributed by atoms with Gasteiger partial charge in [0.15, 0.2) is 0 Å². The highest BCUT2D eigenvalue weighted by Crippen LogP contribution is 2.31. The van der Waals surface area contributed by atoms with Crippen LogP contribution in [0.25, 0.3) is 21.5 Å². The van der Waals surface area contributed by atoms with Gasteiger partial charge in [0.1, 0.15) is 24.2 Å². The number of thioether (sulfide) groups is 2. The highest BCUT2D eigenvalue weighted by atomic mass is 32.2. The molecule has 2 aromatic carbocycles. The number of carbonyl (C=O) groups excluding carboxylic acids is 10. The number of azide groups is 1. The number of nitrogens with two attached hydrogens (primary N) is 1. The summed E-state index contributed by atoms with van der Waals surface area (Å²) >= 11 is 3.33. The number of amides is 10. The average Bonchev–Trinajstić information content (AvgIpc) is 1.31. The third-order valence-electron chi connectivity index (χ3n) is 17.9. The second-order valence-corrected chi connectivity index (χ2v) is 28.4. The number of likely N-dealkylation sites (N-methyl/N-ethyl adjacent to an activating group) is 2. The van der Waals surface area contributed by atoms with Crippen molar-refractivity contribution in [3.05, 3.63) is 75.4 Å². The van der Waals surface area contributed by atoms with Gasteiger partial charge in [0.05, 0.1) is 97.9 Å². The number of ether oxygens (including phenoxy) is 4. The third kappa shape index (κ3) is 26.8. The van der Waals surface area contributed by atoms with E-state index >= 15 is 0 Å². The molecule has 1 aliphatic rings. The first kappa shape index (κ1) is 86.7. The van der Waals surface area contributed by atoms with Crippen LogP contribution in [0.2, 0.25) is 0 Å². The molecule has 0 aliphatic carbocycles. The molecule has 102 heavy (non-hydrogen) atoms.